The number of anilines is 1. The van der Waals surface area contributed by atoms with E-state index in [1.165, 1.54) is 0 Å². The Balaban J connectivity index is 2.97. The smallest absolute Gasteiger partial charge is 0.270 e. The molecule has 0 aliphatic carbocycles. The number of benzene rings is 1. The standard InChI is InChI=1S/C8H5F3N2O2/c9-4-1-2-5(8(11)7(4)10)13-6(14)3-12-15/h1-3,15H,(H,13,14)/b12-3+. The number of nitrogens with zero attached hydrogens (tertiary/aromatic N) is 1. The van der Waals surface area contributed by atoms with Gasteiger partial charge in [-0.05, 0) is 12.1 Å². The average molecular weight is 218 g/mol. The highest BCUT2D eigenvalue weighted by molar-refractivity contribution is 6.31. The highest BCUT2D eigenvalue weighted by Crippen LogP contribution is 2.19. The predicted molar refractivity (Wildman–Crippen MR) is 45.2 cm³/mol. The molecule has 0 bridgehead atoms. The Hall–Kier alpha value is -2.05. The molecule has 4 nitrogen and oxygen atoms in total. The molecule has 0 atom stereocenters. The maximum Gasteiger partial charge on any atom is 0.270 e. The Bertz CT molecular complexity index is 421. The molecular formula is C8H5F3N2O2. The van der Waals surface area contributed by atoms with Gasteiger partial charge in [0.2, 0.25) is 0 Å². The van der Waals surface area contributed by atoms with Crippen LogP contribution in [0.3, 0.4) is 0 Å². The van der Waals surface area contributed by atoms with Crippen LogP contribution in [-0.2, 0) is 4.79 Å². The fourth-order valence-corrected chi connectivity index (χ4v) is 0.840. The largest absolute Gasteiger partial charge is 0.411 e. The Morgan fingerprint density at radius 1 is 1.33 bits per heavy atom. The first kappa shape index (κ1) is 11.0. The van der Waals surface area contributed by atoms with Crippen molar-refractivity contribution < 1.29 is 23.2 Å². The monoisotopic (exact) mass is 218 g/mol. The van der Waals surface area contributed by atoms with Gasteiger partial charge in [-0.25, -0.2) is 13.2 Å². The van der Waals surface area contributed by atoms with Crippen LogP contribution in [-0.4, -0.2) is 17.3 Å². The predicted octanol–water partition coefficient (Wildman–Crippen LogP) is 1.50. The first-order valence-corrected chi connectivity index (χ1v) is 3.68. The van der Waals surface area contributed by atoms with E-state index in [1.807, 2.05) is 5.32 Å². The van der Waals surface area contributed by atoms with Gasteiger partial charge in [0, 0.05) is 0 Å². The first-order chi connectivity index (χ1) is 7.06. The zero-order chi connectivity index (χ0) is 11.4. The minimum absolute atomic E-state index is 0.445. The molecular weight excluding hydrogens is 213 g/mol. The Morgan fingerprint density at radius 2 is 2.00 bits per heavy atom. The van der Waals surface area contributed by atoms with Gasteiger partial charge in [-0.15, -0.1) is 0 Å². The molecule has 0 spiro atoms. The normalized spacial score (nSPS) is 10.6. The maximum absolute atomic E-state index is 12.9. The number of nitrogens with one attached hydrogen (secondary N) is 1. The third kappa shape index (κ3) is 2.46. The molecule has 0 aliphatic heterocycles. The topological polar surface area (TPSA) is 61.7 Å². The van der Waals surface area contributed by atoms with Crippen molar-refractivity contribution in [1.82, 2.24) is 0 Å². The van der Waals surface area contributed by atoms with Gasteiger partial charge in [0.15, 0.2) is 17.5 Å². The second kappa shape index (κ2) is 4.45. The summed E-state index contributed by atoms with van der Waals surface area (Å²) in [6, 6.07) is 1.50. The van der Waals surface area contributed by atoms with Crippen LogP contribution in [0.2, 0.25) is 0 Å². The maximum atomic E-state index is 12.9. The fraction of sp³-hybridized carbons (Fsp3) is 0. The summed E-state index contributed by atoms with van der Waals surface area (Å²) >= 11 is 0. The molecule has 1 aromatic carbocycles. The van der Waals surface area contributed by atoms with Crippen molar-refractivity contribution >= 4 is 17.8 Å². The zero-order valence-electron chi connectivity index (χ0n) is 7.17. The zero-order valence-corrected chi connectivity index (χ0v) is 7.17. The molecule has 0 aliphatic rings. The first-order valence-electron chi connectivity index (χ1n) is 3.68. The Morgan fingerprint density at radius 3 is 2.60 bits per heavy atom. The fourth-order valence-electron chi connectivity index (χ4n) is 0.840. The molecule has 0 heterocycles. The minimum Gasteiger partial charge on any atom is -0.411 e. The van der Waals surface area contributed by atoms with Gasteiger partial charge < -0.3 is 10.5 Å². The summed E-state index contributed by atoms with van der Waals surface area (Å²) in [7, 11) is 0. The van der Waals surface area contributed by atoms with Crippen LogP contribution in [0.1, 0.15) is 0 Å². The molecule has 7 heteroatoms. The number of halogens is 3. The number of rotatable bonds is 2. The van der Waals surface area contributed by atoms with Gasteiger partial charge in [0.1, 0.15) is 6.21 Å². The number of carbonyl (C=O) groups is 1. The van der Waals surface area contributed by atoms with E-state index < -0.39 is 29.0 Å². The van der Waals surface area contributed by atoms with Crippen molar-refractivity contribution in [2.45, 2.75) is 0 Å². The van der Waals surface area contributed by atoms with Gasteiger partial charge in [0.25, 0.3) is 5.91 Å². The van der Waals surface area contributed by atoms with E-state index in [4.69, 9.17) is 5.21 Å². The van der Waals surface area contributed by atoms with Crippen LogP contribution >= 0.6 is 0 Å². The van der Waals surface area contributed by atoms with Crippen molar-refractivity contribution in [1.29, 1.82) is 0 Å². The number of hydrogen-bond acceptors (Lipinski definition) is 3. The SMILES string of the molecule is O=C(/C=N/O)Nc1ccc(F)c(F)c1F. The van der Waals surface area contributed by atoms with Gasteiger partial charge in [-0.3, -0.25) is 4.79 Å². The molecule has 1 aromatic rings. The van der Waals surface area contributed by atoms with E-state index in [2.05, 4.69) is 5.16 Å². The summed E-state index contributed by atoms with van der Waals surface area (Å²) in [6.45, 7) is 0. The molecule has 0 aromatic heterocycles. The third-order valence-electron chi connectivity index (χ3n) is 1.47. The van der Waals surface area contributed by atoms with Crippen LogP contribution < -0.4 is 5.32 Å². The number of carbonyl (C=O) groups excluding carboxylic acids is 1. The summed E-state index contributed by atoms with van der Waals surface area (Å²) in [5.74, 6) is -5.54. The highest BCUT2D eigenvalue weighted by atomic mass is 19.2. The van der Waals surface area contributed by atoms with Gasteiger partial charge in [0.05, 0.1) is 5.69 Å². The molecule has 0 unspecified atom stereocenters. The summed E-state index contributed by atoms with van der Waals surface area (Å²) in [4.78, 5) is 10.8. The molecule has 80 valence electrons. The second-order valence-corrected chi connectivity index (χ2v) is 2.46. The lowest BCUT2D eigenvalue weighted by Gasteiger charge is -2.03. The van der Waals surface area contributed by atoms with Gasteiger partial charge in [-0.1, -0.05) is 5.16 Å². The van der Waals surface area contributed by atoms with E-state index in [-0.39, 0.29) is 0 Å². The lowest BCUT2D eigenvalue weighted by atomic mass is 10.3. The van der Waals surface area contributed by atoms with E-state index in [1.54, 1.807) is 0 Å². The third-order valence-corrected chi connectivity index (χ3v) is 1.47. The number of oxime groups is 1. The second-order valence-electron chi connectivity index (χ2n) is 2.46. The van der Waals surface area contributed by atoms with Crippen molar-refractivity contribution in [2.24, 2.45) is 5.16 Å². The molecule has 15 heavy (non-hydrogen) atoms. The minimum atomic E-state index is -1.69. The molecule has 0 saturated carbocycles. The quantitative estimate of drug-likeness (QED) is 0.342. The van der Waals surface area contributed by atoms with Gasteiger partial charge in [-0.2, -0.15) is 0 Å². The van der Waals surface area contributed by atoms with E-state index in [0.29, 0.717) is 12.3 Å². The molecule has 1 rings (SSSR count). The molecule has 0 saturated heterocycles. The van der Waals surface area contributed by atoms with E-state index >= 15 is 0 Å². The highest BCUT2D eigenvalue weighted by Gasteiger charge is 2.14. The van der Waals surface area contributed by atoms with Crippen LogP contribution in [0, 0.1) is 17.5 Å². The summed E-state index contributed by atoms with van der Waals surface area (Å²) < 4.78 is 38.0. The Kier molecular flexibility index (Phi) is 3.27. The van der Waals surface area contributed by atoms with Gasteiger partial charge >= 0.3 is 0 Å². The van der Waals surface area contributed by atoms with Crippen LogP contribution in [0.4, 0.5) is 18.9 Å². The average Bonchev–Trinajstić information content (AvgIpc) is 2.20. The summed E-state index contributed by atoms with van der Waals surface area (Å²) in [6.07, 6.45) is 0.445. The van der Waals surface area contributed by atoms with E-state index in [0.717, 1.165) is 6.07 Å². The summed E-state index contributed by atoms with van der Waals surface area (Å²) in [5.41, 5.74) is -0.543. The molecule has 0 fully saturated rings. The van der Waals surface area contributed by atoms with Crippen molar-refractivity contribution in [2.75, 3.05) is 5.32 Å². The molecule has 2 N–H and O–H groups in total. The number of hydrogen-bond donors (Lipinski definition) is 2. The van der Waals surface area contributed by atoms with E-state index in [9.17, 15) is 18.0 Å². The molecule has 0 radical (unpaired) electrons. The van der Waals surface area contributed by atoms with Crippen LogP contribution in [0.15, 0.2) is 17.3 Å². The number of amides is 1. The van der Waals surface area contributed by atoms with Crippen molar-refractivity contribution in [3.05, 3.63) is 29.6 Å². The Labute approximate surface area is 82.0 Å². The summed E-state index contributed by atoms with van der Waals surface area (Å²) in [5, 5.41) is 12.2. The van der Waals surface area contributed by atoms with Crippen molar-refractivity contribution in [3.8, 4) is 0 Å². The molecule has 1 amide bonds. The lowest BCUT2D eigenvalue weighted by molar-refractivity contribution is -0.110. The van der Waals surface area contributed by atoms with Crippen molar-refractivity contribution in [3.63, 3.8) is 0 Å². The lowest BCUT2D eigenvalue weighted by Crippen LogP contribution is -2.14. The van der Waals surface area contributed by atoms with Crippen LogP contribution in [0.25, 0.3) is 0 Å². The van der Waals surface area contributed by atoms with Crippen LogP contribution in [0.5, 0.6) is 0 Å².